The van der Waals surface area contributed by atoms with E-state index in [0.29, 0.717) is 5.56 Å². The molecule has 0 fully saturated rings. The molecule has 0 bridgehead atoms. The van der Waals surface area contributed by atoms with Gasteiger partial charge in [0.15, 0.2) is 0 Å². The molecule has 106 valence electrons. The van der Waals surface area contributed by atoms with Gasteiger partial charge in [-0.15, -0.1) is 11.3 Å². The van der Waals surface area contributed by atoms with Crippen LogP contribution in [0, 0.1) is 0 Å². The molecule has 0 saturated carbocycles. The van der Waals surface area contributed by atoms with Gasteiger partial charge in [-0.05, 0) is 36.8 Å². The lowest BCUT2D eigenvalue weighted by molar-refractivity contribution is 0.0940. The molecule has 1 aromatic heterocycles. The molecule has 1 atom stereocenters. The number of fused-ring (bicyclic) bond motifs is 1. The van der Waals surface area contributed by atoms with Crippen molar-refractivity contribution in [2.45, 2.75) is 13.0 Å². The zero-order valence-corrected chi connectivity index (χ0v) is 13.7. The summed E-state index contributed by atoms with van der Waals surface area (Å²) in [5, 5.41) is 3.03. The van der Waals surface area contributed by atoms with E-state index >= 15 is 0 Å². The number of nitrogens with zero attached hydrogens (tertiary/aromatic N) is 1. The third kappa shape index (κ3) is 2.99. The average molecular weight is 361 g/mol. The highest BCUT2D eigenvalue weighted by atomic mass is 79.9. The van der Waals surface area contributed by atoms with Crippen LogP contribution in [0.4, 0.5) is 0 Å². The number of nitrogens with one attached hydrogen (secondary N) is 1. The number of amides is 1. The molecule has 3 aromatic rings. The van der Waals surface area contributed by atoms with E-state index in [9.17, 15) is 4.79 Å². The predicted octanol–water partition coefficient (Wildman–Crippen LogP) is 4.55. The second-order valence-corrected chi connectivity index (χ2v) is 6.49. The average Bonchev–Trinajstić information content (AvgIpc) is 2.94. The molecule has 0 saturated heterocycles. The molecule has 0 aliphatic carbocycles. The zero-order valence-electron chi connectivity index (χ0n) is 11.3. The number of rotatable bonds is 3. The molecule has 21 heavy (non-hydrogen) atoms. The van der Waals surface area contributed by atoms with E-state index in [4.69, 9.17) is 0 Å². The molecule has 1 N–H and O–H groups in total. The van der Waals surface area contributed by atoms with Crippen molar-refractivity contribution in [3.05, 3.63) is 63.6 Å². The predicted molar refractivity (Wildman–Crippen MR) is 89.6 cm³/mol. The second-order valence-electron chi connectivity index (χ2n) is 4.75. The monoisotopic (exact) mass is 360 g/mol. The molecule has 0 aliphatic heterocycles. The van der Waals surface area contributed by atoms with Gasteiger partial charge in [0.2, 0.25) is 0 Å². The molecule has 1 heterocycles. The van der Waals surface area contributed by atoms with Crippen molar-refractivity contribution in [1.82, 2.24) is 10.3 Å². The summed E-state index contributed by atoms with van der Waals surface area (Å²) < 4.78 is 2.02. The summed E-state index contributed by atoms with van der Waals surface area (Å²) in [7, 11) is 0. The lowest BCUT2D eigenvalue weighted by Gasteiger charge is -2.15. The van der Waals surface area contributed by atoms with E-state index < -0.39 is 0 Å². The molecule has 0 unspecified atom stereocenters. The Kier molecular flexibility index (Phi) is 4.03. The molecule has 0 spiro atoms. The maximum absolute atomic E-state index is 12.4. The van der Waals surface area contributed by atoms with Gasteiger partial charge >= 0.3 is 0 Å². The van der Waals surface area contributed by atoms with Crippen molar-refractivity contribution in [1.29, 1.82) is 0 Å². The lowest BCUT2D eigenvalue weighted by atomic mass is 10.1. The summed E-state index contributed by atoms with van der Waals surface area (Å²) in [6.07, 6.45) is 0. The summed E-state index contributed by atoms with van der Waals surface area (Å²) in [5.41, 5.74) is 4.43. The minimum Gasteiger partial charge on any atom is -0.345 e. The zero-order chi connectivity index (χ0) is 14.8. The number of carbonyl (C=O) groups excluding carboxylic acids is 1. The van der Waals surface area contributed by atoms with Crippen LogP contribution in [0.2, 0.25) is 0 Å². The van der Waals surface area contributed by atoms with Crippen LogP contribution in [0.3, 0.4) is 0 Å². The van der Waals surface area contributed by atoms with Gasteiger partial charge in [-0.3, -0.25) is 4.79 Å². The van der Waals surface area contributed by atoms with E-state index in [2.05, 4.69) is 26.2 Å². The summed E-state index contributed by atoms with van der Waals surface area (Å²) in [4.78, 5) is 16.6. The number of aromatic nitrogens is 1. The van der Waals surface area contributed by atoms with Crippen LogP contribution < -0.4 is 5.32 Å². The van der Waals surface area contributed by atoms with E-state index in [1.807, 2.05) is 49.4 Å². The van der Waals surface area contributed by atoms with Gasteiger partial charge in [-0.2, -0.15) is 0 Å². The van der Waals surface area contributed by atoms with Gasteiger partial charge < -0.3 is 5.32 Å². The van der Waals surface area contributed by atoms with E-state index in [1.165, 1.54) is 11.3 Å². The highest BCUT2D eigenvalue weighted by molar-refractivity contribution is 9.10. The first-order chi connectivity index (χ1) is 10.1. The maximum atomic E-state index is 12.4. The molecule has 2 aromatic carbocycles. The first-order valence-electron chi connectivity index (χ1n) is 6.53. The minimum absolute atomic E-state index is 0.0646. The van der Waals surface area contributed by atoms with Crippen molar-refractivity contribution >= 4 is 43.4 Å². The van der Waals surface area contributed by atoms with Crippen molar-refractivity contribution in [3.63, 3.8) is 0 Å². The first kappa shape index (κ1) is 14.2. The molecular weight excluding hydrogens is 348 g/mol. The molecule has 0 radical (unpaired) electrons. The fourth-order valence-electron chi connectivity index (χ4n) is 2.18. The largest absolute Gasteiger partial charge is 0.345 e. The van der Waals surface area contributed by atoms with Crippen molar-refractivity contribution in [2.75, 3.05) is 0 Å². The topological polar surface area (TPSA) is 42.0 Å². The number of thiazole rings is 1. The van der Waals surface area contributed by atoms with Crippen LogP contribution in [0.5, 0.6) is 0 Å². The Morgan fingerprint density at radius 1 is 1.29 bits per heavy atom. The van der Waals surface area contributed by atoms with Crippen LogP contribution in [0.1, 0.15) is 28.9 Å². The molecule has 1 amide bonds. The normalized spacial score (nSPS) is 12.3. The fraction of sp³-hybridized carbons (Fsp3) is 0.125. The van der Waals surface area contributed by atoms with Crippen LogP contribution in [0.25, 0.3) is 10.2 Å². The molecule has 5 heteroatoms. The number of hydrogen-bond donors (Lipinski definition) is 1. The van der Waals surface area contributed by atoms with Gasteiger partial charge in [0, 0.05) is 10.0 Å². The van der Waals surface area contributed by atoms with Crippen molar-refractivity contribution in [3.8, 4) is 0 Å². The fourth-order valence-corrected chi connectivity index (χ4v) is 3.52. The summed E-state index contributed by atoms with van der Waals surface area (Å²) >= 11 is 5.05. The van der Waals surface area contributed by atoms with Gasteiger partial charge in [0.1, 0.15) is 0 Å². The second kappa shape index (κ2) is 5.95. The Balaban J connectivity index is 1.81. The number of benzene rings is 2. The highest BCUT2D eigenvalue weighted by Crippen LogP contribution is 2.24. The summed E-state index contributed by atoms with van der Waals surface area (Å²) in [6, 6.07) is 13.4. The molecule has 3 nitrogen and oxygen atoms in total. The maximum Gasteiger partial charge on any atom is 0.251 e. The Labute approximate surface area is 135 Å². The SMILES string of the molecule is C[C@H](NC(=O)c1ccc2ncsc2c1)c1ccccc1Br. The van der Waals surface area contributed by atoms with Crippen molar-refractivity contribution < 1.29 is 4.79 Å². The van der Waals surface area contributed by atoms with Gasteiger partial charge in [-0.25, -0.2) is 4.98 Å². The van der Waals surface area contributed by atoms with Crippen molar-refractivity contribution in [2.24, 2.45) is 0 Å². The Morgan fingerprint density at radius 3 is 2.90 bits per heavy atom. The van der Waals surface area contributed by atoms with E-state index in [-0.39, 0.29) is 11.9 Å². The summed E-state index contributed by atoms with van der Waals surface area (Å²) in [6.45, 7) is 1.98. The molecule has 0 aliphatic rings. The third-order valence-corrected chi connectivity index (χ3v) is 4.83. The van der Waals surface area contributed by atoms with Crippen LogP contribution >= 0.6 is 27.3 Å². The number of halogens is 1. The first-order valence-corrected chi connectivity index (χ1v) is 8.21. The Morgan fingerprint density at radius 2 is 2.10 bits per heavy atom. The van der Waals surface area contributed by atoms with Crippen LogP contribution in [-0.4, -0.2) is 10.9 Å². The van der Waals surface area contributed by atoms with Gasteiger partial charge in [0.05, 0.1) is 21.8 Å². The van der Waals surface area contributed by atoms with Crippen LogP contribution in [0.15, 0.2) is 52.4 Å². The highest BCUT2D eigenvalue weighted by Gasteiger charge is 2.14. The third-order valence-electron chi connectivity index (χ3n) is 3.31. The van der Waals surface area contributed by atoms with E-state index in [1.54, 1.807) is 5.51 Å². The van der Waals surface area contributed by atoms with Crippen LogP contribution in [-0.2, 0) is 0 Å². The number of carbonyl (C=O) groups is 1. The lowest BCUT2D eigenvalue weighted by Crippen LogP contribution is -2.26. The standard InChI is InChI=1S/C16H13BrN2OS/c1-10(12-4-2-3-5-13(12)17)19-16(20)11-6-7-14-15(8-11)21-9-18-14/h2-10H,1H3,(H,19,20)/t10-/m0/s1. The summed E-state index contributed by atoms with van der Waals surface area (Å²) in [5.74, 6) is -0.0754. The number of hydrogen-bond acceptors (Lipinski definition) is 3. The molecule has 3 rings (SSSR count). The molecular formula is C16H13BrN2OS. The van der Waals surface area contributed by atoms with E-state index in [0.717, 1.165) is 20.3 Å². The Bertz CT molecular complexity index is 800. The minimum atomic E-state index is -0.0754. The quantitative estimate of drug-likeness (QED) is 0.744. The van der Waals surface area contributed by atoms with Gasteiger partial charge in [-0.1, -0.05) is 34.1 Å². The van der Waals surface area contributed by atoms with Gasteiger partial charge in [0.25, 0.3) is 5.91 Å². The Hall–Kier alpha value is -1.72. The smallest absolute Gasteiger partial charge is 0.251 e.